The topological polar surface area (TPSA) is 38.3 Å². The van der Waals surface area contributed by atoms with E-state index in [4.69, 9.17) is 4.74 Å². The number of thioether (sulfide) groups is 1. The highest BCUT2D eigenvalue weighted by Crippen LogP contribution is 2.29. The minimum absolute atomic E-state index is 0.0344. The standard InChI is InChI=1S/C10H21NO2S/c1-5-10(6-2,14-4)8-11-9(12)7-13-3/h5-8H2,1-4H3,(H,11,12). The molecule has 1 amide bonds. The second-order valence-corrected chi connectivity index (χ2v) is 4.58. The van der Waals surface area contributed by atoms with Crippen LogP contribution in [0.2, 0.25) is 0 Å². The first-order valence-electron chi connectivity index (χ1n) is 4.95. The van der Waals surface area contributed by atoms with Crippen molar-refractivity contribution in [3.63, 3.8) is 0 Å². The van der Waals surface area contributed by atoms with Crippen LogP contribution in [0.4, 0.5) is 0 Å². The van der Waals surface area contributed by atoms with Crippen LogP contribution in [-0.2, 0) is 9.53 Å². The van der Waals surface area contributed by atoms with E-state index in [0.29, 0.717) is 0 Å². The smallest absolute Gasteiger partial charge is 0.246 e. The number of hydrogen-bond acceptors (Lipinski definition) is 3. The Morgan fingerprint density at radius 1 is 1.43 bits per heavy atom. The Kier molecular flexibility index (Phi) is 7.01. The highest BCUT2D eigenvalue weighted by Gasteiger charge is 2.25. The van der Waals surface area contributed by atoms with Crippen LogP contribution in [0.5, 0.6) is 0 Å². The van der Waals surface area contributed by atoms with Gasteiger partial charge in [0, 0.05) is 18.4 Å². The van der Waals surface area contributed by atoms with Gasteiger partial charge in [-0.2, -0.15) is 11.8 Å². The molecule has 0 atom stereocenters. The van der Waals surface area contributed by atoms with Crippen molar-refractivity contribution in [2.24, 2.45) is 0 Å². The van der Waals surface area contributed by atoms with Crippen LogP contribution < -0.4 is 5.32 Å². The zero-order chi connectivity index (χ0) is 11.0. The molecule has 0 bridgehead atoms. The lowest BCUT2D eigenvalue weighted by Crippen LogP contribution is -2.40. The molecule has 3 nitrogen and oxygen atoms in total. The Hall–Kier alpha value is -0.220. The Bertz CT molecular complexity index is 161. The number of nitrogens with one attached hydrogen (secondary N) is 1. The predicted molar refractivity (Wildman–Crippen MR) is 61.7 cm³/mol. The molecule has 84 valence electrons. The van der Waals surface area contributed by atoms with Crippen molar-refractivity contribution in [1.29, 1.82) is 0 Å². The lowest BCUT2D eigenvalue weighted by Gasteiger charge is -2.29. The van der Waals surface area contributed by atoms with E-state index < -0.39 is 0 Å². The lowest BCUT2D eigenvalue weighted by atomic mass is 10.0. The highest BCUT2D eigenvalue weighted by molar-refractivity contribution is 8.00. The molecule has 0 saturated heterocycles. The fourth-order valence-corrected chi connectivity index (χ4v) is 2.10. The minimum atomic E-state index is -0.0344. The van der Waals surface area contributed by atoms with Crippen LogP contribution in [0, 0.1) is 0 Å². The van der Waals surface area contributed by atoms with Crippen LogP contribution >= 0.6 is 11.8 Å². The van der Waals surface area contributed by atoms with Gasteiger partial charge in [-0.3, -0.25) is 4.79 Å². The van der Waals surface area contributed by atoms with Crippen molar-refractivity contribution < 1.29 is 9.53 Å². The van der Waals surface area contributed by atoms with E-state index in [2.05, 4.69) is 25.4 Å². The molecular weight excluding hydrogens is 198 g/mol. The Morgan fingerprint density at radius 2 is 2.00 bits per heavy atom. The normalized spacial score (nSPS) is 11.4. The van der Waals surface area contributed by atoms with E-state index in [1.165, 1.54) is 7.11 Å². The van der Waals surface area contributed by atoms with E-state index in [1.807, 2.05) is 11.8 Å². The van der Waals surface area contributed by atoms with Crippen LogP contribution in [0.1, 0.15) is 26.7 Å². The molecule has 0 rings (SSSR count). The first kappa shape index (κ1) is 13.8. The van der Waals surface area contributed by atoms with Crippen LogP contribution in [0.3, 0.4) is 0 Å². The number of hydrogen-bond donors (Lipinski definition) is 1. The van der Waals surface area contributed by atoms with E-state index in [1.54, 1.807) is 0 Å². The van der Waals surface area contributed by atoms with Gasteiger partial charge in [-0.05, 0) is 19.1 Å². The maximum atomic E-state index is 11.2. The first-order chi connectivity index (χ1) is 6.64. The van der Waals surface area contributed by atoms with Crippen molar-refractivity contribution in [2.45, 2.75) is 31.4 Å². The third-order valence-corrected chi connectivity index (χ3v) is 4.19. The number of carbonyl (C=O) groups is 1. The summed E-state index contributed by atoms with van der Waals surface area (Å²) >= 11 is 1.82. The highest BCUT2D eigenvalue weighted by atomic mass is 32.2. The van der Waals surface area contributed by atoms with Crippen molar-refractivity contribution >= 4 is 17.7 Å². The van der Waals surface area contributed by atoms with Gasteiger partial charge in [-0.25, -0.2) is 0 Å². The van der Waals surface area contributed by atoms with Crippen molar-refractivity contribution in [1.82, 2.24) is 5.32 Å². The number of amides is 1. The summed E-state index contributed by atoms with van der Waals surface area (Å²) in [6.07, 6.45) is 4.23. The number of rotatable bonds is 7. The van der Waals surface area contributed by atoms with Gasteiger partial charge in [0.2, 0.25) is 5.91 Å². The van der Waals surface area contributed by atoms with Crippen LogP contribution in [0.25, 0.3) is 0 Å². The zero-order valence-corrected chi connectivity index (χ0v) is 10.4. The summed E-state index contributed by atoms with van der Waals surface area (Å²) in [4.78, 5) is 11.2. The molecule has 0 fully saturated rings. The fraction of sp³-hybridized carbons (Fsp3) is 0.900. The largest absolute Gasteiger partial charge is 0.375 e. The minimum Gasteiger partial charge on any atom is -0.375 e. The molecule has 0 unspecified atom stereocenters. The number of ether oxygens (including phenoxy) is 1. The molecule has 0 aromatic heterocycles. The van der Waals surface area contributed by atoms with E-state index in [0.717, 1.165) is 19.4 Å². The molecule has 4 heteroatoms. The van der Waals surface area contributed by atoms with Gasteiger partial charge in [0.25, 0.3) is 0 Å². The van der Waals surface area contributed by atoms with Gasteiger partial charge in [0.1, 0.15) is 6.61 Å². The summed E-state index contributed by atoms with van der Waals surface area (Å²) in [6, 6.07) is 0. The Labute approximate surface area is 91.0 Å². The second kappa shape index (κ2) is 7.12. The van der Waals surface area contributed by atoms with E-state index >= 15 is 0 Å². The molecule has 1 N–H and O–H groups in total. The summed E-state index contributed by atoms with van der Waals surface area (Å²) in [6.45, 7) is 5.19. The summed E-state index contributed by atoms with van der Waals surface area (Å²) in [7, 11) is 1.53. The average Bonchev–Trinajstić information content (AvgIpc) is 2.21. The fourth-order valence-electron chi connectivity index (χ4n) is 1.30. The Balaban J connectivity index is 3.99. The molecule has 0 aromatic carbocycles. The average molecular weight is 219 g/mol. The molecule has 0 aliphatic rings. The third-order valence-electron chi connectivity index (χ3n) is 2.60. The van der Waals surface area contributed by atoms with Gasteiger partial charge in [-0.15, -0.1) is 0 Å². The quantitative estimate of drug-likeness (QED) is 0.708. The van der Waals surface area contributed by atoms with Gasteiger partial charge >= 0.3 is 0 Å². The number of methoxy groups -OCH3 is 1. The SMILES string of the molecule is CCC(CC)(CNC(=O)COC)SC. The molecule has 0 spiro atoms. The third kappa shape index (κ3) is 4.33. The Morgan fingerprint density at radius 3 is 2.36 bits per heavy atom. The molecule has 0 aliphatic carbocycles. The van der Waals surface area contributed by atoms with E-state index in [9.17, 15) is 4.79 Å². The van der Waals surface area contributed by atoms with Crippen molar-refractivity contribution in [3.05, 3.63) is 0 Å². The van der Waals surface area contributed by atoms with Gasteiger partial charge in [-0.1, -0.05) is 13.8 Å². The first-order valence-corrected chi connectivity index (χ1v) is 6.17. The molecule has 0 aromatic rings. The summed E-state index contributed by atoms with van der Waals surface area (Å²) in [5.41, 5.74) is 0. The summed E-state index contributed by atoms with van der Waals surface area (Å²) < 4.78 is 4.93. The van der Waals surface area contributed by atoms with Gasteiger partial charge in [0.15, 0.2) is 0 Å². The van der Waals surface area contributed by atoms with Gasteiger partial charge in [0.05, 0.1) is 0 Å². The maximum absolute atomic E-state index is 11.2. The molecule has 0 saturated carbocycles. The van der Waals surface area contributed by atoms with Gasteiger partial charge < -0.3 is 10.1 Å². The van der Waals surface area contributed by atoms with Crippen LogP contribution in [0.15, 0.2) is 0 Å². The summed E-state index contributed by atoms with van der Waals surface area (Å²) in [5.74, 6) is -0.0344. The van der Waals surface area contributed by atoms with Crippen LogP contribution in [-0.4, -0.2) is 37.2 Å². The monoisotopic (exact) mass is 219 g/mol. The van der Waals surface area contributed by atoms with Crippen molar-refractivity contribution in [2.75, 3.05) is 26.5 Å². The molecular formula is C10H21NO2S. The number of carbonyl (C=O) groups excluding carboxylic acids is 1. The molecule has 14 heavy (non-hydrogen) atoms. The van der Waals surface area contributed by atoms with E-state index in [-0.39, 0.29) is 17.3 Å². The second-order valence-electron chi connectivity index (χ2n) is 3.30. The zero-order valence-electron chi connectivity index (χ0n) is 9.55. The molecule has 0 aliphatic heterocycles. The molecule has 0 heterocycles. The lowest BCUT2D eigenvalue weighted by molar-refractivity contribution is -0.124. The molecule has 0 radical (unpaired) electrons. The summed E-state index contributed by atoms with van der Waals surface area (Å²) in [5, 5.41) is 2.89. The van der Waals surface area contributed by atoms with Crippen molar-refractivity contribution in [3.8, 4) is 0 Å². The predicted octanol–water partition coefficient (Wildman–Crippen LogP) is 1.67. The maximum Gasteiger partial charge on any atom is 0.246 e.